The summed E-state index contributed by atoms with van der Waals surface area (Å²) in [7, 11) is 0. The van der Waals surface area contributed by atoms with Crippen LogP contribution in [0.4, 0.5) is 11.4 Å². The summed E-state index contributed by atoms with van der Waals surface area (Å²) in [6.45, 7) is 8.49. The Kier molecular flexibility index (Phi) is 6.87. The van der Waals surface area contributed by atoms with Crippen LogP contribution < -0.4 is 11.1 Å². The lowest BCUT2D eigenvalue weighted by Crippen LogP contribution is -2.05. The summed E-state index contributed by atoms with van der Waals surface area (Å²) in [5.74, 6) is 0. The lowest BCUT2D eigenvalue weighted by Gasteiger charge is -2.06. The molecule has 29 heavy (non-hydrogen) atoms. The van der Waals surface area contributed by atoms with Crippen molar-refractivity contribution >= 4 is 23.5 Å². The molecule has 1 aromatic carbocycles. The number of aromatic amines is 1. The number of nitrogens with one attached hydrogen (secondary N) is 2. The third-order valence-electron chi connectivity index (χ3n) is 5.01. The number of aliphatic hydroxyl groups is 1. The Balaban J connectivity index is 0.000000200. The number of nitrogens with two attached hydrogens (primary N) is 1. The quantitative estimate of drug-likeness (QED) is 0.465. The standard InChI is InChI=1S/C16H19N3.C8H9NO/c1-3-15-12(11-19-16(15)4-2)9-10-18-14-7-5-13(17)6-8-14;10-7-4-3-6-2-1-5-9-8(6)7/h3-8,11,18-19H,1-2,9-10,17H2;1-2,5,7,10H,3-4H2. The first-order valence-corrected chi connectivity index (χ1v) is 9.78. The minimum Gasteiger partial charge on any atom is -0.399 e. The Morgan fingerprint density at radius 3 is 2.69 bits per heavy atom. The van der Waals surface area contributed by atoms with E-state index in [0.717, 1.165) is 54.1 Å². The van der Waals surface area contributed by atoms with Gasteiger partial charge in [-0.1, -0.05) is 25.3 Å². The Morgan fingerprint density at radius 2 is 2.00 bits per heavy atom. The summed E-state index contributed by atoms with van der Waals surface area (Å²) in [6.07, 6.45) is 9.86. The van der Waals surface area contributed by atoms with Crippen molar-refractivity contribution in [3.05, 3.63) is 90.0 Å². The molecule has 0 aliphatic heterocycles. The normalized spacial score (nSPS) is 14.4. The zero-order valence-corrected chi connectivity index (χ0v) is 16.6. The monoisotopic (exact) mass is 388 g/mol. The lowest BCUT2D eigenvalue weighted by molar-refractivity contribution is 0.176. The van der Waals surface area contributed by atoms with Crippen molar-refractivity contribution in [2.75, 3.05) is 17.6 Å². The van der Waals surface area contributed by atoms with Gasteiger partial charge in [-0.25, -0.2) is 0 Å². The van der Waals surface area contributed by atoms with Gasteiger partial charge in [0.25, 0.3) is 0 Å². The van der Waals surface area contributed by atoms with E-state index >= 15 is 0 Å². The molecule has 1 aliphatic carbocycles. The predicted octanol–water partition coefficient (Wildman–Crippen LogP) is 4.60. The van der Waals surface area contributed by atoms with Crippen molar-refractivity contribution in [3.8, 4) is 0 Å². The molecular weight excluding hydrogens is 360 g/mol. The highest BCUT2D eigenvalue weighted by molar-refractivity contribution is 5.64. The highest BCUT2D eigenvalue weighted by Gasteiger charge is 2.20. The molecule has 150 valence electrons. The van der Waals surface area contributed by atoms with Gasteiger partial charge in [0.1, 0.15) is 0 Å². The molecule has 0 saturated carbocycles. The minimum absolute atomic E-state index is 0.309. The van der Waals surface area contributed by atoms with Crippen LogP contribution >= 0.6 is 0 Å². The molecule has 0 radical (unpaired) electrons. The van der Waals surface area contributed by atoms with Crippen molar-refractivity contribution in [2.45, 2.75) is 25.4 Å². The molecule has 5 N–H and O–H groups in total. The van der Waals surface area contributed by atoms with E-state index in [-0.39, 0.29) is 6.10 Å². The molecule has 2 heterocycles. The number of hydrogen-bond acceptors (Lipinski definition) is 4. The van der Waals surface area contributed by atoms with Crippen molar-refractivity contribution in [2.24, 2.45) is 0 Å². The third kappa shape index (κ3) is 5.15. The smallest absolute Gasteiger partial charge is 0.0965 e. The van der Waals surface area contributed by atoms with Crippen LogP contribution in [-0.2, 0) is 12.8 Å². The van der Waals surface area contributed by atoms with Gasteiger partial charge in [0, 0.05) is 41.6 Å². The second kappa shape index (κ2) is 9.75. The number of benzene rings is 1. The molecule has 1 aliphatic rings. The topological polar surface area (TPSA) is 87.0 Å². The highest BCUT2D eigenvalue weighted by atomic mass is 16.3. The van der Waals surface area contributed by atoms with Crippen molar-refractivity contribution < 1.29 is 5.11 Å². The maximum absolute atomic E-state index is 9.32. The fourth-order valence-corrected chi connectivity index (χ4v) is 3.44. The number of aryl methyl sites for hydroxylation is 1. The zero-order valence-electron chi connectivity index (χ0n) is 16.6. The number of hydrogen-bond donors (Lipinski definition) is 4. The number of rotatable bonds is 6. The van der Waals surface area contributed by atoms with E-state index in [2.05, 4.69) is 28.4 Å². The SMILES string of the molecule is C=Cc1[nH]cc(CCNc2ccc(N)cc2)c1C=C.OC1CCc2cccnc21. The van der Waals surface area contributed by atoms with Crippen LogP contribution in [0.1, 0.15) is 40.6 Å². The second-order valence-electron chi connectivity index (χ2n) is 6.95. The molecule has 0 bridgehead atoms. The molecule has 5 nitrogen and oxygen atoms in total. The number of anilines is 2. The van der Waals surface area contributed by atoms with E-state index in [0.29, 0.717) is 0 Å². The van der Waals surface area contributed by atoms with Gasteiger partial charge < -0.3 is 21.1 Å². The van der Waals surface area contributed by atoms with Gasteiger partial charge in [0.2, 0.25) is 0 Å². The average molecular weight is 389 g/mol. The molecule has 5 heteroatoms. The number of nitrogens with zero attached hydrogens (tertiary/aromatic N) is 1. The number of H-pyrrole nitrogens is 1. The molecule has 0 fully saturated rings. The molecule has 2 aromatic heterocycles. The molecule has 1 atom stereocenters. The maximum Gasteiger partial charge on any atom is 0.0965 e. The fourth-order valence-electron chi connectivity index (χ4n) is 3.44. The molecule has 0 saturated heterocycles. The third-order valence-corrected chi connectivity index (χ3v) is 5.01. The van der Waals surface area contributed by atoms with Gasteiger partial charge in [0.05, 0.1) is 11.8 Å². The minimum atomic E-state index is -0.309. The first-order chi connectivity index (χ1) is 14.1. The number of aromatic nitrogens is 2. The summed E-state index contributed by atoms with van der Waals surface area (Å²) in [5, 5.41) is 12.7. The van der Waals surface area contributed by atoms with Gasteiger partial charge in [-0.3, -0.25) is 4.98 Å². The lowest BCUT2D eigenvalue weighted by atomic mass is 10.1. The van der Waals surface area contributed by atoms with Crippen molar-refractivity contribution in [1.82, 2.24) is 9.97 Å². The van der Waals surface area contributed by atoms with E-state index < -0.39 is 0 Å². The Morgan fingerprint density at radius 1 is 1.21 bits per heavy atom. The fraction of sp³-hybridized carbons (Fsp3) is 0.208. The number of nitrogen functional groups attached to an aromatic ring is 1. The van der Waals surface area contributed by atoms with Gasteiger partial charge in [0.15, 0.2) is 0 Å². The van der Waals surface area contributed by atoms with E-state index in [1.165, 1.54) is 11.1 Å². The molecule has 4 rings (SSSR count). The molecule has 0 spiro atoms. The Bertz CT molecular complexity index is 959. The largest absolute Gasteiger partial charge is 0.399 e. The first kappa shape index (κ1) is 20.4. The van der Waals surface area contributed by atoms with Gasteiger partial charge in [-0.15, -0.1) is 0 Å². The molecular formula is C24H28N4O. The van der Waals surface area contributed by atoms with Gasteiger partial charge in [-0.05, 0) is 66.8 Å². The van der Waals surface area contributed by atoms with Crippen LogP contribution in [0.3, 0.4) is 0 Å². The van der Waals surface area contributed by atoms with Crippen molar-refractivity contribution in [1.29, 1.82) is 0 Å². The summed E-state index contributed by atoms with van der Waals surface area (Å²) in [5.41, 5.74) is 13.0. The van der Waals surface area contributed by atoms with Crippen LogP contribution in [0, 0.1) is 0 Å². The first-order valence-electron chi connectivity index (χ1n) is 9.78. The van der Waals surface area contributed by atoms with Crippen LogP contribution in [0.15, 0.2) is 61.9 Å². The summed E-state index contributed by atoms with van der Waals surface area (Å²) < 4.78 is 0. The Labute approximate surface area is 172 Å². The number of fused-ring (bicyclic) bond motifs is 1. The molecule has 3 aromatic rings. The average Bonchev–Trinajstić information content (AvgIpc) is 3.33. The maximum atomic E-state index is 9.32. The van der Waals surface area contributed by atoms with E-state index in [4.69, 9.17) is 5.73 Å². The van der Waals surface area contributed by atoms with Crippen LogP contribution in [0.2, 0.25) is 0 Å². The summed E-state index contributed by atoms with van der Waals surface area (Å²) in [4.78, 5) is 7.29. The van der Waals surface area contributed by atoms with Gasteiger partial charge >= 0.3 is 0 Å². The van der Waals surface area contributed by atoms with Gasteiger partial charge in [-0.2, -0.15) is 0 Å². The van der Waals surface area contributed by atoms with Crippen LogP contribution in [0.5, 0.6) is 0 Å². The van der Waals surface area contributed by atoms with Crippen LogP contribution in [0.25, 0.3) is 12.2 Å². The highest BCUT2D eigenvalue weighted by Crippen LogP contribution is 2.27. The Hall–Kier alpha value is -3.31. The predicted molar refractivity (Wildman–Crippen MR) is 122 cm³/mol. The number of aliphatic hydroxyl groups excluding tert-OH is 1. The number of pyridine rings is 1. The molecule has 0 amide bonds. The van der Waals surface area contributed by atoms with E-state index in [1.807, 2.05) is 54.7 Å². The van der Waals surface area contributed by atoms with Crippen molar-refractivity contribution in [3.63, 3.8) is 0 Å². The van der Waals surface area contributed by atoms with E-state index in [1.54, 1.807) is 6.20 Å². The zero-order chi connectivity index (χ0) is 20.6. The van der Waals surface area contributed by atoms with Crippen LogP contribution in [-0.4, -0.2) is 21.6 Å². The summed E-state index contributed by atoms with van der Waals surface area (Å²) >= 11 is 0. The second-order valence-corrected chi connectivity index (χ2v) is 6.95. The molecule has 1 unspecified atom stereocenters. The summed E-state index contributed by atoms with van der Waals surface area (Å²) in [6, 6.07) is 11.7. The van der Waals surface area contributed by atoms with E-state index in [9.17, 15) is 5.11 Å².